The van der Waals surface area contributed by atoms with E-state index in [-0.39, 0.29) is 11.3 Å². The van der Waals surface area contributed by atoms with Gasteiger partial charge in [-0.1, -0.05) is 6.07 Å². The zero-order chi connectivity index (χ0) is 13.8. The molecule has 0 fully saturated rings. The Bertz CT molecular complexity index is 457. The van der Waals surface area contributed by atoms with E-state index in [2.05, 4.69) is 10.1 Å². The van der Waals surface area contributed by atoms with Crippen molar-refractivity contribution in [2.45, 2.75) is 12.6 Å². The van der Waals surface area contributed by atoms with Crippen molar-refractivity contribution in [3.8, 4) is 0 Å². The smallest absolute Gasteiger partial charge is 0.397 e. The van der Waals surface area contributed by atoms with E-state index >= 15 is 0 Å². The minimum atomic E-state index is -4.57. The van der Waals surface area contributed by atoms with Gasteiger partial charge in [0.1, 0.15) is 6.42 Å². The monoisotopic (exact) mass is 261 g/mol. The molecule has 98 valence electrons. The van der Waals surface area contributed by atoms with Gasteiger partial charge >= 0.3 is 12.1 Å². The van der Waals surface area contributed by atoms with Crippen molar-refractivity contribution in [2.24, 2.45) is 0 Å². The number of alkyl halides is 3. The van der Waals surface area contributed by atoms with Gasteiger partial charge < -0.3 is 10.1 Å². The van der Waals surface area contributed by atoms with Crippen molar-refractivity contribution >= 4 is 17.6 Å². The first-order valence-electron chi connectivity index (χ1n) is 4.87. The highest BCUT2D eigenvalue weighted by atomic mass is 19.4. The standard InChI is InChI=1S/C11H10F3NO3/c1-18-10(17)7-3-2-4-8(5-7)15-9(16)6-11(12,13)14/h2-5H,6H2,1H3,(H,15,16). The Hall–Kier alpha value is -2.05. The second-order valence-electron chi connectivity index (χ2n) is 3.41. The minimum absolute atomic E-state index is 0.104. The second-order valence-corrected chi connectivity index (χ2v) is 3.41. The van der Waals surface area contributed by atoms with Crippen molar-refractivity contribution in [2.75, 3.05) is 12.4 Å². The molecule has 7 heteroatoms. The maximum atomic E-state index is 11.9. The SMILES string of the molecule is COC(=O)c1cccc(NC(=O)CC(F)(F)F)c1. The van der Waals surface area contributed by atoms with Gasteiger partial charge in [-0.25, -0.2) is 4.79 Å². The van der Waals surface area contributed by atoms with Crippen LogP contribution in [0, 0.1) is 0 Å². The first-order valence-corrected chi connectivity index (χ1v) is 4.87. The zero-order valence-electron chi connectivity index (χ0n) is 9.38. The Morgan fingerprint density at radius 3 is 2.56 bits per heavy atom. The number of nitrogens with one attached hydrogen (secondary N) is 1. The molecule has 0 saturated heterocycles. The molecule has 0 aliphatic heterocycles. The lowest BCUT2D eigenvalue weighted by Gasteiger charge is -2.08. The number of anilines is 1. The number of ether oxygens (including phenoxy) is 1. The van der Waals surface area contributed by atoms with Gasteiger partial charge in [-0.15, -0.1) is 0 Å². The topological polar surface area (TPSA) is 55.4 Å². The van der Waals surface area contributed by atoms with Gasteiger partial charge in [0.2, 0.25) is 5.91 Å². The third-order valence-electron chi connectivity index (χ3n) is 1.93. The Kier molecular flexibility index (Phi) is 4.30. The fourth-order valence-electron chi connectivity index (χ4n) is 1.23. The molecular formula is C11H10F3NO3. The molecule has 0 heterocycles. The highest BCUT2D eigenvalue weighted by Crippen LogP contribution is 2.20. The number of hydrogen-bond donors (Lipinski definition) is 1. The van der Waals surface area contributed by atoms with Crippen molar-refractivity contribution < 1.29 is 27.5 Å². The van der Waals surface area contributed by atoms with E-state index in [4.69, 9.17) is 0 Å². The Morgan fingerprint density at radius 1 is 1.33 bits per heavy atom. The van der Waals surface area contributed by atoms with E-state index in [1.165, 1.54) is 31.4 Å². The summed E-state index contributed by atoms with van der Waals surface area (Å²) < 4.78 is 40.3. The average Bonchev–Trinajstić information content (AvgIpc) is 2.25. The highest BCUT2D eigenvalue weighted by molar-refractivity contribution is 5.94. The predicted octanol–water partition coefficient (Wildman–Crippen LogP) is 2.36. The van der Waals surface area contributed by atoms with Gasteiger partial charge in [0.05, 0.1) is 12.7 Å². The number of methoxy groups -OCH3 is 1. The molecule has 1 rings (SSSR count). The molecule has 0 aliphatic rings. The van der Waals surface area contributed by atoms with Crippen molar-refractivity contribution in [3.05, 3.63) is 29.8 Å². The normalized spacial score (nSPS) is 10.9. The van der Waals surface area contributed by atoms with Crippen LogP contribution in [0.2, 0.25) is 0 Å². The van der Waals surface area contributed by atoms with Gasteiger partial charge in [0.15, 0.2) is 0 Å². The van der Waals surface area contributed by atoms with Crippen LogP contribution in [-0.4, -0.2) is 25.2 Å². The summed E-state index contributed by atoms with van der Waals surface area (Å²) in [7, 11) is 1.18. The molecule has 0 unspecified atom stereocenters. The molecule has 4 nitrogen and oxygen atoms in total. The number of halogens is 3. The van der Waals surface area contributed by atoms with Gasteiger partial charge in [-0.3, -0.25) is 4.79 Å². The fraction of sp³-hybridized carbons (Fsp3) is 0.273. The number of hydrogen-bond acceptors (Lipinski definition) is 3. The summed E-state index contributed by atoms with van der Waals surface area (Å²) in [6.07, 6.45) is -6.14. The summed E-state index contributed by atoms with van der Waals surface area (Å²) in [4.78, 5) is 22.2. The lowest BCUT2D eigenvalue weighted by atomic mass is 10.2. The maximum absolute atomic E-state index is 11.9. The first kappa shape index (κ1) is 14.0. The molecule has 18 heavy (non-hydrogen) atoms. The molecule has 1 aromatic rings. The molecule has 0 atom stereocenters. The number of rotatable bonds is 3. The van der Waals surface area contributed by atoms with Crippen LogP contribution in [0.5, 0.6) is 0 Å². The van der Waals surface area contributed by atoms with E-state index in [1.54, 1.807) is 0 Å². The van der Waals surface area contributed by atoms with Crippen LogP contribution in [0.1, 0.15) is 16.8 Å². The summed E-state index contributed by atoms with van der Waals surface area (Å²) in [5, 5.41) is 2.05. The zero-order valence-corrected chi connectivity index (χ0v) is 9.38. The first-order chi connectivity index (χ1) is 8.31. The predicted molar refractivity (Wildman–Crippen MR) is 57.1 cm³/mol. The molecule has 0 saturated carbocycles. The number of benzene rings is 1. The number of carbonyl (C=O) groups is 2. The molecule has 0 aromatic heterocycles. The van der Waals surface area contributed by atoms with Crippen LogP contribution in [0.25, 0.3) is 0 Å². The maximum Gasteiger partial charge on any atom is 0.397 e. The van der Waals surface area contributed by atoms with E-state index in [0.717, 1.165) is 0 Å². The third kappa shape index (κ3) is 4.44. The van der Waals surface area contributed by atoms with Crippen LogP contribution in [0.15, 0.2) is 24.3 Å². The highest BCUT2D eigenvalue weighted by Gasteiger charge is 2.31. The minimum Gasteiger partial charge on any atom is -0.465 e. The van der Waals surface area contributed by atoms with Crippen LogP contribution < -0.4 is 5.32 Å². The molecule has 1 amide bonds. The molecule has 1 N–H and O–H groups in total. The molecule has 0 bridgehead atoms. The summed E-state index contributed by atoms with van der Waals surface area (Å²) >= 11 is 0. The van der Waals surface area contributed by atoms with Gasteiger partial charge in [0.25, 0.3) is 0 Å². The van der Waals surface area contributed by atoms with E-state index in [1.807, 2.05) is 0 Å². The third-order valence-corrected chi connectivity index (χ3v) is 1.93. The van der Waals surface area contributed by atoms with Gasteiger partial charge in [-0.2, -0.15) is 13.2 Å². The summed E-state index contributed by atoms with van der Waals surface area (Å²) in [5.74, 6) is -1.83. The largest absolute Gasteiger partial charge is 0.465 e. The molecular weight excluding hydrogens is 251 g/mol. The van der Waals surface area contributed by atoms with E-state index in [0.29, 0.717) is 0 Å². The van der Waals surface area contributed by atoms with Gasteiger partial charge in [-0.05, 0) is 18.2 Å². The Balaban J connectivity index is 2.74. The molecule has 0 aliphatic carbocycles. The second kappa shape index (κ2) is 5.52. The summed E-state index contributed by atoms with van der Waals surface area (Å²) in [6, 6.07) is 5.46. The number of esters is 1. The Labute approximate surface area is 101 Å². The molecule has 0 spiro atoms. The lowest BCUT2D eigenvalue weighted by molar-refractivity contribution is -0.150. The Morgan fingerprint density at radius 2 is 2.00 bits per heavy atom. The fourth-order valence-corrected chi connectivity index (χ4v) is 1.23. The van der Waals surface area contributed by atoms with Crippen LogP contribution in [-0.2, 0) is 9.53 Å². The average molecular weight is 261 g/mol. The van der Waals surface area contributed by atoms with Gasteiger partial charge in [0, 0.05) is 5.69 Å². The van der Waals surface area contributed by atoms with Crippen molar-refractivity contribution in [1.29, 1.82) is 0 Å². The van der Waals surface area contributed by atoms with E-state index < -0.39 is 24.5 Å². The number of amides is 1. The summed E-state index contributed by atoms with van der Waals surface area (Å²) in [5.41, 5.74) is 0.245. The van der Waals surface area contributed by atoms with E-state index in [9.17, 15) is 22.8 Å². The van der Waals surface area contributed by atoms with Crippen LogP contribution in [0.4, 0.5) is 18.9 Å². The lowest BCUT2D eigenvalue weighted by Crippen LogP contribution is -2.21. The molecule has 1 aromatic carbocycles. The molecule has 0 radical (unpaired) electrons. The quantitative estimate of drug-likeness (QED) is 0.850. The summed E-state index contributed by atoms with van der Waals surface area (Å²) in [6.45, 7) is 0. The van der Waals surface area contributed by atoms with Crippen LogP contribution in [0.3, 0.4) is 0 Å². The number of carbonyl (C=O) groups excluding carboxylic acids is 2. The van der Waals surface area contributed by atoms with Crippen molar-refractivity contribution in [3.63, 3.8) is 0 Å². The van der Waals surface area contributed by atoms with Crippen molar-refractivity contribution in [1.82, 2.24) is 0 Å². The van der Waals surface area contributed by atoms with Crippen LogP contribution >= 0.6 is 0 Å².